The third kappa shape index (κ3) is 4.48. The fourth-order valence-electron chi connectivity index (χ4n) is 3.27. The molecule has 134 valence electrons. The Bertz CT molecular complexity index is 759. The number of benzene rings is 1. The van der Waals surface area contributed by atoms with E-state index in [1.807, 2.05) is 54.6 Å². The number of aromatic nitrogens is 2. The molecule has 0 radical (unpaired) electrons. The second-order valence-electron chi connectivity index (χ2n) is 7.59. The molecule has 0 fully saturated rings. The summed E-state index contributed by atoms with van der Waals surface area (Å²) in [7, 11) is 0. The Hall–Kier alpha value is -2.14. The van der Waals surface area contributed by atoms with Gasteiger partial charge < -0.3 is 10.0 Å². The first kappa shape index (κ1) is 17.7. The summed E-state index contributed by atoms with van der Waals surface area (Å²) in [6.07, 6.45) is 2.35. The standard InChI is InChI=1S/C20H27N3O2/c1-15-12-18-14-22(10-5-11-23(18)21-15)19(24)17-7-4-6-16(13-17)8-9-20(2,3)25/h4,6-7,12-13,25H,5,8-11,14H2,1-3H3. The molecule has 1 aliphatic heterocycles. The van der Waals surface area contributed by atoms with Crippen LogP contribution < -0.4 is 0 Å². The van der Waals surface area contributed by atoms with Crippen molar-refractivity contribution < 1.29 is 9.90 Å². The molecule has 0 saturated heterocycles. The molecule has 0 aliphatic carbocycles. The van der Waals surface area contributed by atoms with E-state index in [0.717, 1.165) is 48.4 Å². The summed E-state index contributed by atoms with van der Waals surface area (Å²) in [5.74, 6) is 0.0670. The van der Waals surface area contributed by atoms with Crippen LogP contribution in [-0.2, 0) is 19.5 Å². The highest BCUT2D eigenvalue weighted by molar-refractivity contribution is 5.94. The zero-order chi connectivity index (χ0) is 18.0. The van der Waals surface area contributed by atoms with Crippen molar-refractivity contribution in [3.8, 4) is 0 Å². The first-order valence-electron chi connectivity index (χ1n) is 8.96. The predicted molar refractivity (Wildman–Crippen MR) is 97.4 cm³/mol. The lowest BCUT2D eigenvalue weighted by atomic mass is 9.97. The smallest absolute Gasteiger partial charge is 0.254 e. The van der Waals surface area contributed by atoms with Crippen LogP contribution in [0, 0.1) is 6.92 Å². The van der Waals surface area contributed by atoms with E-state index in [2.05, 4.69) is 11.2 Å². The second-order valence-corrected chi connectivity index (χ2v) is 7.59. The molecule has 1 aliphatic rings. The van der Waals surface area contributed by atoms with Crippen molar-refractivity contribution in [2.45, 2.75) is 58.7 Å². The van der Waals surface area contributed by atoms with Gasteiger partial charge in [-0.2, -0.15) is 5.10 Å². The monoisotopic (exact) mass is 341 g/mol. The molecule has 1 aromatic carbocycles. The molecule has 0 atom stereocenters. The topological polar surface area (TPSA) is 58.4 Å². The number of rotatable bonds is 4. The Balaban J connectivity index is 1.74. The molecule has 0 spiro atoms. The molecule has 2 aromatic rings. The van der Waals surface area contributed by atoms with Crippen LogP contribution in [0.25, 0.3) is 0 Å². The van der Waals surface area contributed by atoms with Crippen molar-refractivity contribution in [1.82, 2.24) is 14.7 Å². The van der Waals surface area contributed by atoms with Gasteiger partial charge in [-0.3, -0.25) is 9.48 Å². The normalized spacial score (nSPS) is 15.0. The SMILES string of the molecule is Cc1cc2n(n1)CCCN(C(=O)c1cccc(CCC(C)(C)O)c1)C2. The Morgan fingerprint density at radius 1 is 1.28 bits per heavy atom. The third-order valence-electron chi connectivity index (χ3n) is 4.62. The Labute approximate surface area is 149 Å². The minimum absolute atomic E-state index is 0.0670. The van der Waals surface area contributed by atoms with E-state index in [9.17, 15) is 9.90 Å². The average molecular weight is 341 g/mol. The summed E-state index contributed by atoms with van der Waals surface area (Å²) in [5, 5.41) is 14.4. The molecule has 5 nitrogen and oxygen atoms in total. The zero-order valence-corrected chi connectivity index (χ0v) is 15.3. The number of carbonyl (C=O) groups excluding carboxylic acids is 1. The highest BCUT2D eigenvalue weighted by atomic mass is 16.3. The Morgan fingerprint density at radius 3 is 2.84 bits per heavy atom. The largest absolute Gasteiger partial charge is 0.390 e. The van der Waals surface area contributed by atoms with E-state index < -0.39 is 5.60 Å². The Morgan fingerprint density at radius 2 is 2.08 bits per heavy atom. The average Bonchev–Trinajstić information content (AvgIpc) is 2.79. The van der Waals surface area contributed by atoms with Crippen LogP contribution >= 0.6 is 0 Å². The van der Waals surface area contributed by atoms with E-state index >= 15 is 0 Å². The van der Waals surface area contributed by atoms with Gasteiger partial charge in [0.25, 0.3) is 5.91 Å². The quantitative estimate of drug-likeness (QED) is 0.930. The summed E-state index contributed by atoms with van der Waals surface area (Å²) in [4.78, 5) is 14.9. The van der Waals surface area contributed by atoms with Crippen molar-refractivity contribution in [2.75, 3.05) is 6.54 Å². The minimum atomic E-state index is -0.693. The van der Waals surface area contributed by atoms with E-state index in [1.54, 1.807) is 0 Å². The van der Waals surface area contributed by atoms with Crippen LogP contribution in [0.2, 0.25) is 0 Å². The van der Waals surface area contributed by atoms with Gasteiger partial charge in [0.1, 0.15) is 0 Å². The maximum absolute atomic E-state index is 13.0. The van der Waals surface area contributed by atoms with Crippen LogP contribution in [0.3, 0.4) is 0 Å². The summed E-state index contributed by atoms with van der Waals surface area (Å²) in [6.45, 7) is 7.82. The predicted octanol–water partition coefficient (Wildman–Crippen LogP) is 2.94. The molecule has 0 bridgehead atoms. The number of fused-ring (bicyclic) bond motifs is 1. The number of amides is 1. The van der Waals surface area contributed by atoms with Crippen LogP contribution in [0.15, 0.2) is 30.3 Å². The molecule has 1 amide bonds. The molecular formula is C20H27N3O2. The van der Waals surface area contributed by atoms with Gasteiger partial charge in [0.2, 0.25) is 0 Å². The van der Waals surface area contributed by atoms with Crippen LogP contribution in [0.5, 0.6) is 0 Å². The van der Waals surface area contributed by atoms with E-state index in [4.69, 9.17) is 0 Å². The van der Waals surface area contributed by atoms with Gasteiger partial charge in [-0.05, 0) is 63.8 Å². The number of nitrogens with zero attached hydrogens (tertiary/aromatic N) is 3. The fourth-order valence-corrected chi connectivity index (χ4v) is 3.27. The number of hydrogen-bond acceptors (Lipinski definition) is 3. The highest BCUT2D eigenvalue weighted by Crippen LogP contribution is 2.18. The van der Waals surface area contributed by atoms with E-state index in [-0.39, 0.29) is 5.91 Å². The Kier molecular flexibility index (Phi) is 4.95. The molecular weight excluding hydrogens is 314 g/mol. The summed E-state index contributed by atoms with van der Waals surface area (Å²) in [5.41, 5.74) is 3.21. The molecule has 0 unspecified atom stereocenters. The van der Waals surface area contributed by atoms with E-state index in [1.165, 1.54) is 0 Å². The molecule has 3 rings (SSSR count). The molecule has 25 heavy (non-hydrogen) atoms. The summed E-state index contributed by atoms with van der Waals surface area (Å²) < 4.78 is 2.02. The van der Waals surface area contributed by atoms with Crippen LogP contribution in [0.1, 0.15) is 54.0 Å². The first-order chi connectivity index (χ1) is 11.8. The number of aryl methyl sites for hydroxylation is 3. The summed E-state index contributed by atoms with van der Waals surface area (Å²) >= 11 is 0. The van der Waals surface area contributed by atoms with Crippen molar-refractivity contribution in [3.63, 3.8) is 0 Å². The zero-order valence-electron chi connectivity index (χ0n) is 15.3. The van der Waals surface area contributed by atoms with Gasteiger partial charge in [0.15, 0.2) is 0 Å². The maximum Gasteiger partial charge on any atom is 0.254 e. The molecule has 1 aromatic heterocycles. The lowest BCUT2D eigenvalue weighted by Gasteiger charge is -2.21. The number of aliphatic hydroxyl groups is 1. The van der Waals surface area contributed by atoms with Gasteiger partial charge in [0, 0.05) is 18.7 Å². The van der Waals surface area contributed by atoms with Gasteiger partial charge in [-0.1, -0.05) is 12.1 Å². The van der Waals surface area contributed by atoms with Crippen LogP contribution in [0.4, 0.5) is 0 Å². The fraction of sp³-hybridized carbons (Fsp3) is 0.500. The van der Waals surface area contributed by atoms with Gasteiger partial charge >= 0.3 is 0 Å². The molecule has 0 saturated carbocycles. The van der Waals surface area contributed by atoms with Crippen molar-refractivity contribution >= 4 is 5.91 Å². The first-order valence-corrected chi connectivity index (χ1v) is 8.96. The molecule has 5 heteroatoms. The van der Waals surface area contributed by atoms with Crippen LogP contribution in [-0.4, -0.2) is 37.8 Å². The second kappa shape index (κ2) is 7.00. The van der Waals surface area contributed by atoms with Gasteiger partial charge in [0.05, 0.1) is 23.5 Å². The minimum Gasteiger partial charge on any atom is -0.390 e. The maximum atomic E-state index is 13.0. The van der Waals surface area contributed by atoms with Crippen molar-refractivity contribution in [2.24, 2.45) is 0 Å². The molecule has 1 N–H and O–H groups in total. The van der Waals surface area contributed by atoms with E-state index in [0.29, 0.717) is 13.0 Å². The van der Waals surface area contributed by atoms with Gasteiger partial charge in [-0.15, -0.1) is 0 Å². The lowest BCUT2D eigenvalue weighted by Crippen LogP contribution is -2.30. The highest BCUT2D eigenvalue weighted by Gasteiger charge is 2.21. The number of carbonyl (C=O) groups is 1. The summed E-state index contributed by atoms with van der Waals surface area (Å²) in [6, 6.07) is 9.85. The van der Waals surface area contributed by atoms with Gasteiger partial charge in [-0.25, -0.2) is 0 Å². The molecule has 2 heterocycles. The van der Waals surface area contributed by atoms with Crippen molar-refractivity contribution in [3.05, 3.63) is 52.8 Å². The lowest BCUT2D eigenvalue weighted by molar-refractivity contribution is 0.0714. The third-order valence-corrected chi connectivity index (χ3v) is 4.62. The number of hydrogen-bond donors (Lipinski definition) is 1. The van der Waals surface area contributed by atoms with Crippen molar-refractivity contribution in [1.29, 1.82) is 0 Å².